The van der Waals surface area contributed by atoms with Crippen molar-refractivity contribution >= 4 is 19.8 Å². The van der Waals surface area contributed by atoms with E-state index in [4.69, 9.17) is 0 Å². The quantitative estimate of drug-likeness (QED) is 0.838. The lowest BCUT2D eigenvalue weighted by molar-refractivity contribution is 0.624. The van der Waals surface area contributed by atoms with Crippen molar-refractivity contribution in [3.05, 3.63) is 60.7 Å². The summed E-state index contributed by atoms with van der Waals surface area (Å²) in [6.07, 6.45) is 0. The Morgan fingerprint density at radius 2 is 1.11 bits per heavy atom. The Hall–Kier alpha value is -1.57. The van der Waals surface area contributed by atoms with E-state index in [1.165, 1.54) is 0 Å². The number of rotatable bonds is 2. The predicted octanol–water partition coefficient (Wildman–Crippen LogP) is 3.23. The molecule has 0 aromatic heterocycles. The highest BCUT2D eigenvalue weighted by Crippen LogP contribution is 2.49. The van der Waals surface area contributed by atoms with Gasteiger partial charge in [-0.1, -0.05) is 36.4 Å². The number of hydrogen-bond donors (Lipinski definition) is 1. The van der Waals surface area contributed by atoms with Crippen molar-refractivity contribution in [1.82, 2.24) is 0 Å². The standard InChI is InChI=1S/C14H15N2OP/c17-18-15(13-7-3-1-4-8-13)11-12-16(18)14-9-5-2-6-10-14/h1-10,17H,11-12H2. The van der Waals surface area contributed by atoms with Gasteiger partial charge in [0.05, 0.1) is 0 Å². The third-order valence-electron chi connectivity index (χ3n) is 3.06. The molecule has 0 saturated carbocycles. The first-order valence-electron chi connectivity index (χ1n) is 6.00. The van der Waals surface area contributed by atoms with Gasteiger partial charge in [0.2, 0.25) is 8.45 Å². The summed E-state index contributed by atoms with van der Waals surface area (Å²) in [5, 5.41) is 0. The fourth-order valence-corrected chi connectivity index (χ4v) is 3.64. The topological polar surface area (TPSA) is 26.7 Å². The third kappa shape index (κ3) is 2.07. The maximum Gasteiger partial charge on any atom is 0.245 e. The molecule has 0 aliphatic carbocycles. The molecule has 3 rings (SSSR count). The van der Waals surface area contributed by atoms with E-state index in [1.54, 1.807) is 0 Å². The highest BCUT2D eigenvalue weighted by atomic mass is 31.2. The van der Waals surface area contributed by atoms with Crippen LogP contribution in [0.1, 0.15) is 0 Å². The van der Waals surface area contributed by atoms with Crippen LogP contribution in [-0.2, 0) is 0 Å². The minimum Gasteiger partial charge on any atom is -0.338 e. The maximum atomic E-state index is 10.5. The molecule has 1 fully saturated rings. The summed E-state index contributed by atoms with van der Waals surface area (Å²) in [5.41, 5.74) is 2.18. The smallest absolute Gasteiger partial charge is 0.245 e. The first kappa shape index (κ1) is 11.5. The first-order chi connectivity index (χ1) is 8.86. The van der Waals surface area contributed by atoms with Gasteiger partial charge in [0.1, 0.15) is 0 Å². The van der Waals surface area contributed by atoms with Gasteiger partial charge in [-0.05, 0) is 24.3 Å². The number of benzene rings is 2. The summed E-state index contributed by atoms with van der Waals surface area (Å²) in [6.45, 7) is 1.72. The molecule has 4 heteroatoms. The van der Waals surface area contributed by atoms with E-state index in [2.05, 4.69) is 9.34 Å². The SMILES string of the molecule is OP1N(c2ccccc2)CCN1c1ccccc1. The van der Waals surface area contributed by atoms with E-state index < -0.39 is 8.45 Å². The largest absolute Gasteiger partial charge is 0.338 e. The van der Waals surface area contributed by atoms with Crippen LogP contribution in [0.4, 0.5) is 11.4 Å². The Kier molecular flexibility index (Phi) is 3.18. The average Bonchev–Trinajstić information content (AvgIpc) is 2.83. The summed E-state index contributed by atoms with van der Waals surface area (Å²) in [5.74, 6) is 0. The van der Waals surface area contributed by atoms with E-state index in [9.17, 15) is 4.89 Å². The van der Waals surface area contributed by atoms with Crippen LogP contribution >= 0.6 is 8.45 Å². The average molecular weight is 258 g/mol. The lowest BCUT2D eigenvalue weighted by atomic mass is 10.3. The van der Waals surface area contributed by atoms with E-state index in [0.29, 0.717) is 0 Å². The van der Waals surface area contributed by atoms with Gasteiger partial charge in [-0.15, -0.1) is 0 Å². The second-order valence-corrected chi connectivity index (χ2v) is 5.69. The first-order valence-corrected chi connectivity index (χ1v) is 7.20. The molecule has 1 heterocycles. The molecule has 0 amide bonds. The van der Waals surface area contributed by atoms with Crippen molar-refractivity contribution in [1.29, 1.82) is 0 Å². The van der Waals surface area contributed by atoms with Crippen molar-refractivity contribution in [2.24, 2.45) is 0 Å². The van der Waals surface area contributed by atoms with Gasteiger partial charge in [0.25, 0.3) is 0 Å². The Morgan fingerprint density at radius 3 is 1.50 bits per heavy atom. The lowest BCUT2D eigenvalue weighted by Gasteiger charge is -2.26. The van der Waals surface area contributed by atoms with Crippen LogP contribution in [0.5, 0.6) is 0 Å². The Bertz CT molecular complexity index is 458. The number of nitrogens with zero attached hydrogens (tertiary/aromatic N) is 2. The molecule has 2 aromatic carbocycles. The summed E-state index contributed by atoms with van der Waals surface area (Å²) in [4.78, 5) is 10.5. The minimum atomic E-state index is -1.28. The number of para-hydroxylation sites is 2. The Labute approximate surface area is 108 Å². The molecular weight excluding hydrogens is 243 g/mol. The molecule has 0 atom stereocenters. The normalized spacial score (nSPS) is 16.3. The molecule has 3 nitrogen and oxygen atoms in total. The fourth-order valence-electron chi connectivity index (χ4n) is 2.16. The number of hydrogen-bond acceptors (Lipinski definition) is 3. The minimum absolute atomic E-state index is 0.862. The second kappa shape index (κ2) is 4.97. The second-order valence-electron chi connectivity index (χ2n) is 4.19. The van der Waals surface area contributed by atoms with Crippen LogP contribution in [0.3, 0.4) is 0 Å². The summed E-state index contributed by atoms with van der Waals surface area (Å²) in [7, 11) is -1.28. The van der Waals surface area contributed by atoms with Crippen LogP contribution < -0.4 is 9.34 Å². The Morgan fingerprint density at radius 1 is 0.722 bits per heavy atom. The lowest BCUT2D eigenvalue weighted by Crippen LogP contribution is -2.13. The predicted molar refractivity (Wildman–Crippen MR) is 76.7 cm³/mol. The van der Waals surface area contributed by atoms with Crippen molar-refractivity contribution < 1.29 is 4.89 Å². The van der Waals surface area contributed by atoms with Gasteiger partial charge < -0.3 is 14.2 Å². The molecule has 0 spiro atoms. The highest BCUT2D eigenvalue weighted by Gasteiger charge is 2.31. The molecule has 0 radical (unpaired) electrons. The zero-order valence-electron chi connectivity index (χ0n) is 9.98. The van der Waals surface area contributed by atoms with Crippen molar-refractivity contribution in [2.75, 3.05) is 22.4 Å². The van der Waals surface area contributed by atoms with Crippen LogP contribution in [0.15, 0.2) is 60.7 Å². The monoisotopic (exact) mass is 258 g/mol. The zero-order chi connectivity index (χ0) is 12.4. The molecule has 1 saturated heterocycles. The van der Waals surface area contributed by atoms with Gasteiger partial charge in [-0.3, -0.25) is 0 Å². The maximum absolute atomic E-state index is 10.5. The summed E-state index contributed by atoms with van der Waals surface area (Å²) in [6, 6.07) is 20.2. The summed E-state index contributed by atoms with van der Waals surface area (Å²) >= 11 is 0. The molecule has 2 aromatic rings. The molecule has 1 aliphatic rings. The van der Waals surface area contributed by atoms with Crippen LogP contribution in [0.2, 0.25) is 0 Å². The van der Waals surface area contributed by atoms with Crippen LogP contribution in [0.25, 0.3) is 0 Å². The van der Waals surface area contributed by atoms with E-state index in [0.717, 1.165) is 24.5 Å². The molecule has 0 bridgehead atoms. The van der Waals surface area contributed by atoms with Crippen molar-refractivity contribution in [3.63, 3.8) is 0 Å². The van der Waals surface area contributed by atoms with Gasteiger partial charge in [-0.25, -0.2) is 0 Å². The Balaban J connectivity index is 1.83. The highest BCUT2D eigenvalue weighted by molar-refractivity contribution is 7.55. The van der Waals surface area contributed by atoms with Gasteiger partial charge in [0.15, 0.2) is 0 Å². The van der Waals surface area contributed by atoms with E-state index in [-0.39, 0.29) is 0 Å². The molecule has 1 aliphatic heterocycles. The summed E-state index contributed by atoms with van der Waals surface area (Å²) < 4.78 is 4.14. The molecule has 92 valence electrons. The van der Waals surface area contributed by atoms with E-state index >= 15 is 0 Å². The van der Waals surface area contributed by atoms with E-state index in [1.807, 2.05) is 60.7 Å². The molecule has 1 N–H and O–H groups in total. The van der Waals surface area contributed by atoms with Crippen molar-refractivity contribution in [3.8, 4) is 0 Å². The van der Waals surface area contributed by atoms with Gasteiger partial charge in [0, 0.05) is 24.5 Å². The number of anilines is 2. The van der Waals surface area contributed by atoms with Gasteiger partial charge in [-0.2, -0.15) is 0 Å². The fraction of sp³-hybridized carbons (Fsp3) is 0.143. The molecule has 18 heavy (non-hydrogen) atoms. The van der Waals surface area contributed by atoms with Crippen molar-refractivity contribution in [2.45, 2.75) is 0 Å². The molecule has 0 unspecified atom stereocenters. The van der Waals surface area contributed by atoms with Crippen LogP contribution in [-0.4, -0.2) is 18.0 Å². The van der Waals surface area contributed by atoms with Gasteiger partial charge >= 0.3 is 0 Å². The van der Waals surface area contributed by atoms with Crippen LogP contribution in [0, 0.1) is 0 Å². The zero-order valence-corrected chi connectivity index (χ0v) is 10.9. The molecular formula is C14H15N2OP. The third-order valence-corrected chi connectivity index (χ3v) is 4.79.